The minimum Gasteiger partial charge on any atom is -0.337 e. The maximum atomic E-state index is 12.1. The van der Waals surface area contributed by atoms with E-state index >= 15 is 0 Å². The van der Waals surface area contributed by atoms with Crippen LogP contribution in [0.5, 0.6) is 0 Å². The van der Waals surface area contributed by atoms with Crippen molar-refractivity contribution >= 4 is 33.1 Å². The molecule has 4 rings (SSSR count). The molecule has 0 bridgehead atoms. The summed E-state index contributed by atoms with van der Waals surface area (Å²) in [5.41, 5.74) is 4.11. The molecule has 0 fully saturated rings. The largest absolute Gasteiger partial charge is 0.337 e. The van der Waals surface area contributed by atoms with Crippen LogP contribution in [-0.4, -0.2) is 20.4 Å². The first-order chi connectivity index (χ1) is 12.7. The number of imidazole rings is 1. The number of hydrogen-bond acceptors (Lipinski definition) is 4. The number of carbonyl (C=O) groups excluding carboxylic acids is 1. The zero-order chi connectivity index (χ0) is 17.9. The van der Waals surface area contributed by atoms with Crippen molar-refractivity contribution in [1.82, 2.24) is 14.5 Å². The molecule has 0 radical (unpaired) electrons. The molecule has 2 aromatic heterocycles. The molecular formula is C20H18N4OS. The van der Waals surface area contributed by atoms with Gasteiger partial charge in [-0.1, -0.05) is 6.07 Å². The molecule has 0 aliphatic carbocycles. The number of carbonyl (C=O) groups is 1. The molecule has 130 valence electrons. The number of anilines is 1. The number of amides is 1. The minimum absolute atomic E-state index is 0.0121. The number of nitrogens with one attached hydrogen (secondary N) is 1. The second-order valence-electron chi connectivity index (χ2n) is 6.17. The van der Waals surface area contributed by atoms with Gasteiger partial charge in [0, 0.05) is 36.6 Å². The van der Waals surface area contributed by atoms with Crippen molar-refractivity contribution in [3.63, 3.8) is 0 Å². The van der Waals surface area contributed by atoms with Crippen molar-refractivity contribution in [3.05, 3.63) is 66.7 Å². The molecule has 0 atom stereocenters. The van der Waals surface area contributed by atoms with Crippen LogP contribution in [0.1, 0.15) is 12.0 Å². The minimum atomic E-state index is -0.0121. The highest BCUT2D eigenvalue weighted by Crippen LogP contribution is 2.31. The van der Waals surface area contributed by atoms with Crippen molar-refractivity contribution in [3.8, 4) is 10.6 Å². The van der Waals surface area contributed by atoms with Crippen molar-refractivity contribution in [2.45, 2.75) is 19.9 Å². The molecule has 1 amide bonds. The first-order valence-electron chi connectivity index (χ1n) is 8.40. The fraction of sp³-hybridized carbons (Fsp3) is 0.150. The highest BCUT2D eigenvalue weighted by molar-refractivity contribution is 7.21. The normalized spacial score (nSPS) is 11.0. The Morgan fingerprint density at radius 1 is 1.19 bits per heavy atom. The fourth-order valence-corrected chi connectivity index (χ4v) is 3.79. The smallest absolute Gasteiger partial charge is 0.226 e. The van der Waals surface area contributed by atoms with Crippen LogP contribution in [-0.2, 0) is 11.3 Å². The summed E-state index contributed by atoms with van der Waals surface area (Å²) < 4.78 is 3.08. The Balaban J connectivity index is 1.43. The Hall–Kier alpha value is -2.99. The van der Waals surface area contributed by atoms with Gasteiger partial charge in [0.1, 0.15) is 5.01 Å². The van der Waals surface area contributed by atoms with Gasteiger partial charge in [-0.05, 0) is 48.9 Å². The molecule has 2 aromatic carbocycles. The van der Waals surface area contributed by atoms with Crippen LogP contribution in [0.15, 0.2) is 61.2 Å². The average molecular weight is 362 g/mol. The predicted octanol–water partition coefficient (Wildman–Crippen LogP) is 4.50. The zero-order valence-electron chi connectivity index (χ0n) is 14.3. The van der Waals surface area contributed by atoms with E-state index in [0.29, 0.717) is 13.0 Å². The van der Waals surface area contributed by atoms with Crippen molar-refractivity contribution in [2.75, 3.05) is 5.32 Å². The first-order valence-corrected chi connectivity index (χ1v) is 9.22. The maximum Gasteiger partial charge on any atom is 0.226 e. The quantitative estimate of drug-likeness (QED) is 0.569. The predicted molar refractivity (Wildman–Crippen MR) is 105 cm³/mol. The first kappa shape index (κ1) is 16.5. The lowest BCUT2D eigenvalue weighted by Gasteiger charge is -2.06. The lowest BCUT2D eigenvalue weighted by Crippen LogP contribution is -2.13. The fourth-order valence-electron chi connectivity index (χ4n) is 2.72. The van der Waals surface area contributed by atoms with Crippen LogP contribution in [0.3, 0.4) is 0 Å². The Labute approximate surface area is 155 Å². The third kappa shape index (κ3) is 3.65. The van der Waals surface area contributed by atoms with Gasteiger partial charge in [-0.2, -0.15) is 0 Å². The standard InChI is InChI=1S/C20H18N4OS/c1-14-2-7-17-18(12-14)26-20(23-17)15-3-5-16(6-4-15)22-19(25)8-10-24-11-9-21-13-24/h2-7,9,11-13H,8,10H2,1H3,(H,22,25). The van der Waals surface area contributed by atoms with Gasteiger partial charge >= 0.3 is 0 Å². The van der Waals surface area contributed by atoms with E-state index in [1.807, 2.05) is 35.0 Å². The summed E-state index contributed by atoms with van der Waals surface area (Å²) in [6.45, 7) is 2.71. The van der Waals surface area contributed by atoms with Crippen LogP contribution < -0.4 is 5.32 Å². The molecule has 0 saturated heterocycles. The van der Waals surface area contributed by atoms with Crippen LogP contribution in [0.25, 0.3) is 20.8 Å². The molecule has 26 heavy (non-hydrogen) atoms. The number of hydrogen-bond donors (Lipinski definition) is 1. The summed E-state index contributed by atoms with van der Waals surface area (Å²) in [6.07, 6.45) is 5.68. The monoisotopic (exact) mass is 362 g/mol. The number of aromatic nitrogens is 3. The Morgan fingerprint density at radius 2 is 2.04 bits per heavy atom. The number of benzene rings is 2. The molecule has 0 saturated carbocycles. The van der Waals surface area contributed by atoms with Gasteiger partial charge in [-0.25, -0.2) is 9.97 Å². The molecule has 0 aliphatic heterocycles. The molecule has 6 heteroatoms. The third-order valence-corrected chi connectivity index (χ3v) is 5.18. The topological polar surface area (TPSA) is 59.8 Å². The Bertz CT molecular complexity index is 1040. The van der Waals surface area contributed by atoms with Crippen LogP contribution in [0, 0.1) is 6.92 Å². The van der Waals surface area contributed by atoms with Gasteiger partial charge in [0.15, 0.2) is 0 Å². The van der Waals surface area contributed by atoms with Crippen LogP contribution in [0.2, 0.25) is 0 Å². The molecule has 4 aromatic rings. The highest BCUT2D eigenvalue weighted by Gasteiger charge is 2.08. The Morgan fingerprint density at radius 3 is 2.81 bits per heavy atom. The SMILES string of the molecule is Cc1ccc2nc(-c3ccc(NC(=O)CCn4ccnc4)cc3)sc2c1. The van der Waals surface area contributed by atoms with Crippen LogP contribution in [0.4, 0.5) is 5.69 Å². The van der Waals surface area contributed by atoms with E-state index < -0.39 is 0 Å². The van der Waals surface area contributed by atoms with Crippen LogP contribution >= 0.6 is 11.3 Å². The van der Waals surface area contributed by atoms with E-state index in [2.05, 4.69) is 35.4 Å². The highest BCUT2D eigenvalue weighted by atomic mass is 32.1. The second-order valence-corrected chi connectivity index (χ2v) is 7.20. The molecule has 0 unspecified atom stereocenters. The van der Waals surface area contributed by atoms with E-state index in [9.17, 15) is 4.79 Å². The van der Waals surface area contributed by atoms with Gasteiger partial charge in [0.05, 0.1) is 16.5 Å². The molecule has 1 N–H and O–H groups in total. The lowest BCUT2D eigenvalue weighted by molar-refractivity contribution is -0.116. The molecule has 0 spiro atoms. The maximum absolute atomic E-state index is 12.1. The summed E-state index contributed by atoms with van der Waals surface area (Å²) in [6, 6.07) is 14.1. The molecule has 0 aliphatic rings. The van der Waals surface area contributed by atoms with Crippen molar-refractivity contribution < 1.29 is 4.79 Å². The summed E-state index contributed by atoms with van der Waals surface area (Å²) in [4.78, 5) is 20.7. The van der Waals surface area contributed by atoms with Gasteiger partial charge in [0.2, 0.25) is 5.91 Å². The molecular weight excluding hydrogens is 344 g/mol. The number of rotatable bonds is 5. The number of fused-ring (bicyclic) bond motifs is 1. The van der Waals surface area contributed by atoms with Crippen molar-refractivity contribution in [1.29, 1.82) is 0 Å². The van der Waals surface area contributed by atoms with E-state index in [-0.39, 0.29) is 5.91 Å². The van der Waals surface area contributed by atoms with E-state index in [4.69, 9.17) is 4.98 Å². The summed E-state index contributed by atoms with van der Waals surface area (Å²) >= 11 is 1.68. The van der Waals surface area contributed by atoms with Gasteiger partial charge in [0.25, 0.3) is 0 Å². The average Bonchev–Trinajstić information content (AvgIpc) is 3.29. The molecule has 2 heterocycles. The third-order valence-electron chi connectivity index (χ3n) is 4.12. The second kappa shape index (κ2) is 7.09. The number of aryl methyl sites for hydroxylation is 2. The zero-order valence-corrected chi connectivity index (χ0v) is 15.2. The van der Waals surface area contributed by atoms with Gasteiger partial charge < -0.3 is 9.88 Å². The Kier molecular flexibility index (Phi) is 4.50. The molecule has 5 nitrogen and oxygen atoms in total. The number of nitrogens with zero attached hydrogens (tertiary/aromatic N) is 3. The lowest BCUT2D eigenvalue weighted by atomic mass is 10.2. The summed E-state index contributed by atoms with van der Waals surface area (Å²) in [7, 11) is 0. The van der Waals surface area contributed by atoms with E-state index in [1.165, 1.54) is 10.3 Å². The summed E-state index contributed by atoms with van der Waals surface area (Å²) in [5, 5.41) is 3.92. The summed E-state index contributed by atoms with van der Waals surface area (Å²) in [5.74, 6) is -0.0121. The van der Waals surface area contributed by atoms with E-state index in [1.54, 1.807) is 23.9 Å². The van der Waals surface area contributed by atoms with Crippen molar-refractivity contribution in [2.24, 2.45) is 0 Å². The van der Waals surface area contributed by atoms with Gasteiger partial charge in [-0.3, -0.25) is 4.79 Å². The number of thiazole rings is 1. The van der Waals surface area contributed by atoms with E-state index in [0.717, 1.165) is 21.8 Å². The van der Waals surface area contributed by atoms with Gasteiger partial charge in [-0.15, -0.1) is 11.3 Å².